The predicted molar refractivity (Wildman–Crippen MR) is 113 cm³/mol. The maximum Gasteiger partial charge on any atom is 0.356 e. The van der Waals surface area contributed by atoms with Crippen LogP contribution in [0.4, 0.5) is 5.82 Å². The Balaban J connectivity index is 1.75. The van der Waals surface area contributed by atoms with Gasteiger partial charge < -0.3 is 4.74 Å². The molecule has 1 saturated carbocycles. The van der Waals surface area contributed by atoms with Gasteiger partial charge in [-0.1, -0.05) is 13.0 Å². The van der Waals surface area contributed by atoms with Crippen LogP contribution in [0.1, 0.15) is 65.8 Å². The Morgan fingerprint density at radius 1 is 1.19 bits per heavy atom. The Morgan fingerprint density at radius 3 is 2.74 bits per heavy atom. The fourth-order valence-electron chi connectivity index (χ4n) is 4.53. The van der Waals surface area contributed by atoms with Crippen molar-refractivity contribution in [3.8, 4) is 17.9 Å². The third-order valence-corrected chi connectivity index (χ3v) is 6.03. The van der Waals surface area contributed by atoms with Gasteiger partial charge >= 0.3 is 11.9 Å². The lowest BCUT2D eigenvalue weighted by Crippen LogP contribution is -2.41. The summed E-state index contributed by atoms with van der Waals surface area (Å²) in [5, 5.41) is 8.89. The lowest BCUT2D eigenvalue weighted by atomic mass is 9.87. The molecule has 3 atom stereocenters. The monoisotopic (exact) mass is 414 g/mol. The number of pyridine rings is 2. The van der Waals surface area contributed by atoms with Gasteiger partial charge in [0, 0.05) is 18.2 Å². The molecule has 7 heteroatoms. The summed E-state index contributed by atoms with van der Waals surface area (Å²) in [5.74, 6) is 5.83. The number of nitrogens with zero attached hydrogens (tertiary/aromatic N) is 4. The first-order valence-electron chi connectivity index (χ1n) is 10.3. The molecule has 7 nitrogen and oxygen atoms in total. The Morgan fingerprint density at radius 2 is 2.03 bits per heavy atom. The molecule has 0 aromatic carbocycles. The average molecular weight is 414 g/mol. The van der Waals surface area contributed by atoms with Gasteiger partial charge in [-0.05, 0) is 67.2 Å². The summed E-state index contributed by atoms with van der Waals surface area (Å²) in [6.45, 7) is 2.13. The van der Waals surface area contributed by atoms with E-state index >= 15 is 0 Å². The number of amides is 1. The highest BCUT2D eigenvalue weighted by molar-refractivity contribution is 6.06. The van der Waals surface area contributed by atoms with Crippen LogP contribution < -0.4 is 4.90 Å². The third-order valence-electron chi connectivity index (χ3n) is 6.03. The first kappa shape index (κ1) is 20.6. The second-order valence-electron chi connectivity index (χ2n) is 8.04. The zero-order chi connectivity index (χ0) is 22.0. The second-order valence-corrected chi connectivity index (χ2v) is 8.04. The van der Waals surface area contributed by atoms with Gasteiger partial charge in [0.25, 0.3) is 0 Å². The molecule has 1 amide bonds. The fourth-order valence-corrected chi connectivity index (χ4v) is 4.53. The van der Waals surface area contributed by atoms with Gasteiger partial charge in [-0.3, -0.25) is 9.69 Å². The van der Waals surface area contributed by atoms with E-state index in [0.717, 1.165) is 31.2 Å². The van der Waals surface area contributed by atoms with E-state index in [9.17, 15) is 9.59 Å². The van der Waals surface area contributed by atoms with Gasteiger partial charge in [0.2, 0.25) is 0 Å². The van der Waals surface area contributed by atoms with Crippen LogP contribution in [0.3, 0.4) is 0 Å². The molecule has 1 aliphatic carbocycles. The molecule has 2 bridgehead atoms. The number of rotatable bonds is 1. The molecule has 0 radical (unpaired) electrons. The van der Waals surface area contributed by atoms with Crippen molar-refractivity contribution in [2.24, 2.45) is 5.92 Å². The number of methoxy groups -OCH3 is 1. The number of fused-ring (bicyclic) bond motifs is 3. The maximum atomic E-state index is 13.3. The Kier molecular flexibility index (Phi) is 5.68. The van der Waals surface area contributed by atoms with Gasteiger partial charge in [-0.15, -0.1) is 0 Å². The van der Waals surface area contributed by atoms with Crippen molar-refractivity contribution >= 4 is 17.7 Å². The predicted octanol–water partition coefficient (Wildman–Crippen LogP) is 3.20. The number of carbonyl (C=O) groups is 2. The fraction of sp³-hybridized carbons (Fsp3) is 0.375. The molecule has 1 fully saturated rings. The Bertz CT molecular complexity index is 1120. The summed E-state index contributed by atoms with van der Waals surface area (Å²) in [6.07, 6.45) is 5.29. The highest BCUT2D eigenvalue weighted by atomic mass is 16.5. The van der Waals surface area contributed by atoms with Crippen LogP contribution >= 0.6 is 0 Å². The Labute approximate surface area is 181 Å². The first-order valence-corrected chi connectivity index (χ1v) is 10.3. The van der Waals surface area contributed by atoms with Crippen molar-refractivity contribution in [3.05, 3.63) is 53.0 Å². The number of hydrogen-bond donors (Lipinski definition) is 0. The minimum atomic E-state index is -0.540. The molecule has 0 saturated heterocycles. The van der Waals surface area contributed by atoms with Crippen LogP contribution in [-0.4, -0.2) is 35.0 Å². The molecule has 2 aromatic rings. The summed E-state index contributed by atoms with van der Waals surface area (Å²) in [6, 6.07) is 8.75. The van der Waals surface area contributed by atoms with Crippen molar-refractivity contribution in [3.63, 3.8) is 0 Å². The molecular weight excluding hydrogens is 392 g/mol. The van der Waals surface area contributed by atoms with Crippen LogP contribution in [0, 0.1) is 29.1 Å². The van der Waals surface area contributed by atoms with Crippen LogP contribution in [0.2, 0.25) is 0 Å². The van der Waals surface area contributed by atoms with Crippen molar-refractivity contribution in [1.29, 1.82) is 5.26 Å². The lowest BCUT2D eigenvalue weighted by Gasteiger charge is -2.32. The number of carbonyl (C=O) groups excluding carboxylic acids is 2. The van der Waals surface area contributed by atoms with Gasteiger partial charge in [0.15, 0.2) is 5.69 Å². The summed E-state index contributed by atoms with van der Waals surface area (Å²) >= 11 is 0. The molecule has 0 N–H and O–H groups in total. The molecule has 0 spiro atoms. The van der Waals surface area contributed by atoms with Crippen LogP contribution in [0.25, 0.3) is 0 Å². The molecule has 3 heterocycles. The highest BCUT2D eigenvalue weighted by Gasteiger charge is 2.38. The van der Waals surface area contributed by atoms with Crippen LogP contribution in [0.15, 0.2) is 30.5 Å². The smallest absolute Gasteiger partial charge is 0.356 e. The van der Waals surface area contributed by atoms with Crippen molar-refractivity contribution in [2.75, 3.05) is 12.0 Å². The lowest BCUT2D eigenvalue weighted by molar-refractivity contribution is -0.113. The number of anilines is 1. The highest BCUT2D eigenvalue weighted by Crippen LogP contribution is 2.43. The maximum absolute atomic E-state index is 13.3. The van der Waals surface area contributed by atoms with Crippen molar-refractivity contribution in [1.82, 2.24) is 9.97 Å². The minimum Gasteiger partial charge on any atom is -0.464 e. The molecule has 2 aliphatic rings. The SMILES string of the molecule is COC(=O)c1ccc2c(n1)N(C(=O)C#Cc1ccc(C#N)cn1)C1CCC(CC2C)C1. The standard InChI is InChI=1S/C24H22N4O3/c1-15-11-16-4-7-19(12-16)28(23-20(15)8-9-21(27-23)24(30)31-2)22(29)10-6-18-5-3-17(13-25)14-26-18/h3,5,8-9,14-16,19H,4,7,11-12H2,1-2H3. The molecular formula is C24H22N4O3. The molecule has 4 rings (SSSR count). The number of hydrogen-bond acceptors (Lipinski definition) is 6. The van der Waals surface area contributed by atoms with E-state index in [1.165, 1.54) is 13.3 Å². The first-order chi connectivity index (χ1) is 15.0. The van der Waals surface area contributed by atoms with E-state index in [2.05, 4.69) is 28.7 Å². The van der Waals surface area contributed by atoms with Gasteiger partial charge in [0.1, 0.15) is 17.6 Å². The van der Waals surface area contributed by atoms with Crippen molar-refractivity contribution < 1.29 is 14.3 Å². The largest absolute Gasteiger partial charge is 0.464 e. The number of esters is 1. The van der Waals surface area contributed by atoms with E-state index < -0.39 is 5.97 Å². The van der Waals surface area contributed by atoms with Crippen LogP contribution in [-0.2, 0) is 9.53 Å². The van der Waals surface area contributed by atoms with E-state index in [1.807, 2.05) is 12.1 Å². The molecule has 2 aromatic heterocycles. The van der Waals surface area contributed by atoms with Crippen LogP contribution in [0.5, 0.6) is 0 Å². The quantitative estimate of drug-likeness (QED) is 0.525. The van der Waals surface area contributed by atoms with Crippen molar-refractivity contribution in [2.45, 2.75) is 44.6 Å². The van der Waals surface area contributed by atoms with Gasteiger partial charge in [-0.2, -0.15) is 5.26 Å². The van der Waals surface area contributed by atoms with Gasteiger partial charge in [-0.25, -0.2) is 14.8 Å². The zero-order valence-corrected chi connectivity index (χ0v) is 17.5. The van der Waals surface area contributed by atoms with Gasteiger partial charge in [0.05, 0.1) is 12.7 Å². The average Bonchev–Trinajstić information content (AvgIpc) is 3.25. The topological polar surface area (TPSA) is 96.2 Å². The third kappa shape index (κ3) is 4.13. The zero-order valence-electron chi connectivity index (χ0n) is 17.5. The van der Waals surface area contributed by atoms with E-state index in [0.29, 0.717) is 23.0 Å². The molecule has 156 valence electrons. The normalized spacial score (nSPS) is 21.6. The van der Waals surface area contributed by atoms with E-state index in [1.54, 1.807) is 23.1 Å². The summed E-state index contributed by atoms with van der Waals surface area (Å²) < 4.78 is 4.83. The number of aromatic nitrogens is 2. The molecule has 31 heavy (non-hydrogen) atoms. The second kappa shape index (κ2) is 8.57. The van der Waals surface area contributed by atoms with E-state index in [4.69, 9.17) is 10.00 Å². The number of ether oxygens (including phenoxy) is 1. The molecule has 3 unspecified atom stereocenters. The minimum absolute atomic E-state index is 0.00706. The Hall–Kier alpha value is -3.71. The summed E-state index contributed by atoms with van der Waals surface area (Å²) in [7, 11) is 1.31. The van der Waals surface area contributed by atoms with E-state index in [-0.39, 0.29) is 23.6 Å². The summed E-state index contributed by atoms with van der Waals surface area (Å²) in [5.41, 5.74) is 1.95. The number of nitriles is 1. The summed E-state index contributed by atoms with van der Waals surface area (Å²) in [4.78, 5) is 35.7. The molecule has 1 aliphatic heterocycles.